The molecule has 0 heterocycles. The largest absolute Gasteiger partial charge is 0.461 e. The van der Waals surface area contributed by atoms with E-state index in [1.54, 1.807) is 13.8 Å². The van der Waals surface area contributed by atoms with Crippen LogP contribution in [0.2, 0.25) is 0 Å². The third-order valence-corrected chi connectivity index (χ3v) is 6.91. The second-order valence-corrected chi connectivity index (χ2v) is 9.90. The number of amides is 1. The van der Waals surface area contributed by atoms with Gasteiger partial charge >= 0.3 is 18.0 Å². The Morgan fingerprint density at radius 2 is 1.46 bits per heavy atom. The number of fused-ring (bicyclic) bond motifs is 3. The molecule has 3 aromatic rings. The molecule has 0 bridgehead atoms. The minimum absolute atomic E-state index is 0.00916. The summed E-state index contributed by atoms with van der Waals surface area (Å²) in [6, 6.07) is 24.0. The van der Waals surface area contributed by atoms with E-state index in [2.05, 4.69) is 18.7 Å². The number of carbonyl (C=O) groups excluding carboxylic acids is 3. The Kier molecular flexibility index (Phi) is 8.49. The summed E-state index contributed by atoms with van der Waals surface area (Å²) in [5.41, 5.74) is 4.14. The van der Waals surface area contributed by atoms with Crippen molar-refractivity contribution >= 4 is 18.0 Å². The van der Waals surface area contributed by atoms with Crippen molar-refractivity contribution in [1.29, 1.82) is 0 Å². The molecule has 0 saturated carbocycles. The van der Waals surface area contributed by atoms with Crippen molar-refractivity contribution in [2.75, 3.05) is 20.3 Å². The van der Waals surface area contributed by atoms with Gasteiger partial charge in [0.05, 0.1) is 6.42 Å². The lowest BCUT2D eigenvalue weighted by atomic mass is 9.98. The lowest BCUT2D eigenvalue weighted by molar-refractivity contribution is -0.166. The molecule has 0 unspecified atom stereocenters. The van der Waals surface area contributed by atoms with Crippen LogP contribution in [-0.2, 0) is 29.4 Å². The number of likely N-dealkylation sites (N-methyl/N-ethyl adjacent to an activating group) is 1. The van der Waals surface area contributed by atoms with Gasteiger partial charge in [0, 0.05) is 13.0 Å². The highest BCUT2D eigenvalue weighted by atomic mass is 16.6. The molecule has 0 N–H and O–H groups in total. The van der Waals surface area contributed by atoms with E-state index in [1.165, 1.54) is 13.1 Å². The Bertz CT molecular complexity index is 1300. The van der Waals surface area contributed by atoms with Crippen LogP contribution in [0.4, 0.5) is 4.79 Å². The first-order valence-electron chi connectivity index (χ1n) is 12.9. The van der Waals surface area contributed by atoms with Gasteiger partial charge in [-0.3, -0.25) is 9.69 Å². The zero-order valence-corrected chi connectivity index (χ0v) is 22.5. The molecule has 1 aliphatic carbocycles. The summed E-state index contributed by atoms with van der Waals surface area (Å²) >= 11 is 0. The molecule has 0 fully saturated rings. The Labute approximate surface area is 229 Å². The van der Waals surface area contributed by atoms with Crippen molar-refractivity contribution in [3.05, 3.63) is 108 Å². The number of esters is 2. The Morgan fingerprint density at radius 1 is 0.897 bits per heavy atom. The van der Waals surface area contributed by atoms with Crippen LogP contribution >= 0.6 is 0 Å². The van der Waals surface area contributed by atoms with Crippen molar-refractivity contribution in [3.63, 3.8) is 0 Å². The van der Waals surface area contributed by atoms with E-state index in [0.29, 0.717) is 0 Å². The van der Waals surface area contributed by atoms with Crippen LogP contribution in [0.25, 0.3) is 11.1 Å². The van der Waals surface area contributed by atoms with Gasteiger partial charge in [0.25, 0.3) is 0 Å². The molecule has 0 aliphatic heterocycles. The van der Waals surface area contributed by atoms with Gasteiger partial charge in [-0.1, -0.05) is 91.5 Å². The first kappa shape index (κ1) is 27.6. The predicted molar refractivity (Wildman–Crippen MR) is 148 cm³/mol. The normalized spacial score (nSPS) is 13.0. The van der Waals surface area contributed by atoms with Crippen molar-refractivity contribution in [3.8, 4) is 11.1 Å². The summed E-state index contributed by atoms with van der Waals surface area (Å²) in [5, 5.41) is 0. The number of rotatable bonds is 10. The Morgan fingerprint density at radius 3 is 2.05 bits per heavy atom. The van der Waals surface area contributed by atoms with E-state index in [-0.39, 0.29) is 19.1 Å². The van der Waals surface area contributed by atoms with E-state index in [0.717, 1.165) is 32.7 Å². The first-order valence-corrected chi connectivity index (χ1v) is 12.9. The highest BCUT2D eigenvalue weighted by molar-refractivity contribution is 5.86. The smallest absolute Gasteiger partial charge is 0.410 e. The molecule has 1 amide bonds. The molecule has 7 heteroatoms. The van der Waals surface area contributed by atoms with Gasteiger partial charge in [-0.05, 0) is 41.7 Å². The third-order valence-electron chi connectivity index (χ3n) is 6.91. The van der Waals surface area contributed by atoms with Gasteiger partial charge in [-0.15, -0.1) is 0 Å². The van der Waals surface area contributed by atoms with Gasteiger partial charge in [0.15, 0.2) is 0 Å². The number of carbonyl (C=O) groups is 3. The van der Waals surface area contributed by atoms with Crippen LogP contribution in [0.1, 0.15) is 42.9 Å². The second kappa shape index (κ2) is 12.0. The first-order chi connectivity index (χ1) is 18.7. The van der Waals surface area contributed by atoms with Gasteiger partial charge < -0.3 is 14.2 Å². The van der Waals surface area contributed by atoms with Gasteiger partial charge in [0.1, 0.15) is 24.9 Å². The fraction of sp³-hybridized carbons (Fsp3) is 0.281. The molecule has 4 rings (SSSR count). The molecule has 0 radical (unpaired) electrons. The van der Waals surface area contributed by atoms with E-state index >= 15 is 0 Å². The lowest BCUT2D eigenvalue weighted by Crippen LogP contribution is -2.47. The molecule has 0 aromatic heterocycles. The highest BCUT2D eigenvalue weighted by Crippen LogP contribution is 2.44. The summed E-state index contributed by atoms with van der Waals surface area (Å²) in [5.74, 6) is -1.54. The quantitative estimate of drug-likeness (QED) is 0.187. The number of nitrogens with zero attached hydrogens (tertiary/aromatic N) is 1. The van der Waals surface area contributed by atoms with Crippen molar-refractivity contribution in [2.45, 2.75) is 37.8 Å². The molecule has 0 spiro atoms. The standard InChI is InChI=1S/C32H33NO6/c1-5-19-37-29(34)20-28(30(35)39-32(2,3)22-13-7-6-8-14-22)33(4)31(36)38-21-27-25-17-11-9-15-23(25)24-16-10-12-18-26(24)27/h5-18,27-28H,1,19-21H2,2-4H3/t28-/m0/s1. The lowest BCUT2D eigenvalue weighted by Gasteiger charge is -2.31. The van der Waals surface area contributed by atoms with E-state index < -0.39 is 36.1 Å². The van der Waals surface area contributed by atoms with Crippen molar-refractivity contribution < 1.29 is 28.6 Å². The summed E-state index contributed by atoms with van der Waals surface area (Å²) in [6.45, 7) is 7.10. The van der Waals surface area contributed by atoms with Crippen LogP contribution in [-0.4, -0.2) is 49.2 Å². The third kappa shape index (κ3) is 6.20. The maximum Gasteiger partial charge on any atom is 0.410 e. The van der Waals surface area contributed by atoms with Crippen LogP contribution in [0.15, 0.2) is 91.5 Å². The maximum atomic E-state index is 13.4. The van der Waals surface area contributed by atoms with Crippen LogP contribution < -0.4 is 0 Å². The number of hydrogen-bond donors (Lipinski definition) is 0. The molecule has 0 saturated heterocycles. The zero-order valence-electron chi connectivity index (χ0n) is 22.5. The van der Waals surface area contributed by atoms with Crippen LogP contribution in [0, 0.1) is 0 Å². The zero-order chi connectivity index (χ0) is 28.0. The molecular formula is C32H33NO6. The average molecular weight is 528 g/mol. The average Bonchev–Trinajstić information content (AvgIpc) is 3.27. The molecule has 202 valence electrons. The number of ether oxygens (including phenoxy) is 3. The molecular weight excluding hydrogens is 494 g/mol. The minimum Gasteiger partial charge on any atom is -0.461 e. The molecule has 7 nitrogen and oxygen atoms in total. The monoisotopic (exact) mass is 527 g/mol. The second-order valence-electron chi connectivity index (χ2n) is 9.90. The van der Waals surface area contributed by atoms with E-state index in [9.17, 15) is 14.4 Å². The highest BCUT2D eigenvalue weighted by Gasteiger charge is 2.37. The molecule has 39 heavy (non-hydrogen) atoms. The molecule has 3 aromatic carbocycles. The van der Waals surface area contributed by atoms with Crippen molar-refractivity contribution in [1.82, 2.24) is 4.90 Å². The SMILES string of the molecule is C=CCOC(=O)C[C@@H](C(=O)OC(C)(C)c1ccccc1)N(C)C(=O)OCC1c2ccccc2-c2ccccc21. The minimum atomic E-state index is -1.25. The van der Waals surface area contributed by atoms with E-state index in [4.69, 9.17) is 14.2 Å². The van der Waals surface area contributed by atoms with Crippen molar-refractivity contribution in [2.24, 2.45) is 0 Å². The summed E-state index contributed by atoms with van der Waals surface area (Å²) in [4.78, 5) is 40.2. The van der Waals surface area contributed by atoms with Gasteiger partial charge in [0.2, 0.25) is 0 Å². The fourth-order valence-electron chi connectivity index (χ4n) is 4.79. The number of benzene rings is 3. The number of hydrogen-bond acceptors (Lipinski definition) is 6. The summed E-state index contributed by atoms with van der Waals surface area (Å²) in [7, 11) is 1.42. The topological polar surface area (TPSA) is 82.1 Å². The molecule has 1 atom stereocenters. The fourth-order valence-corrected chi connectivity index (χ4v) is 4.79. The van der Waals surface area contributed by atoms with Crippen LogP contribution in [0.5, 0.6) is 0 Å². The van der Waals surface area contributed by atoms with Gasteiger partial charge in [-0.25, -0.2) is 9.59 Å². The predicted octanol–water partition coefficient (Wildman–Crippen LogP) is 5.83. The van der Waals surface area contributed by atoms with E-state index in [1.807, 2.05) is 66.7 Å². The maximum absolute atomic E-state index is 13.4. The molecule has 1 aliphatic rings. The Balaban J connectivity index is 1.50. The van der Waals surface area contributed by atoms with Crippen LogP contribution in [0.3, 0.4) is 0 Å². The Hall–Kier alpha value is -4.39. The van der Waals surface area contributed by atoms with Gasteiger partial charge in [-0.2, -0.15) is 0 Å². The summed E-state index contributed by atoms with van der Waals surface area (Å²) < 4.78 is 16.6. The summed E-state index contributed by atoms with van der Waals surface area (Å²) in [6.07, 6.45) is 0.296.